The van der Waals surface area contributed by atoms with E-state index in [0.29, 0.717) is 5.70 Å². The van der Waals surface area contributed by atoms with Gasteiger partial charge in [0.25, 0.3) is 0 Å². The highest BCUT2D eigenvalue weighted by atomic mass is 16.6. The number of nitrogens with zero attached hydrogens (tertiary/aromatic N) is 1. The molecule has 0 aromatic heterocycles. The number of ether oxygens (including phenoxy) is 1. The van der Waals surface area contributed by atoms with Gasteiger partial charge in [0, 0.05) is 6.20 Å². The second kappa shape index (κ2) is 5.14. The van der Waals surface area contributed by atoms with Gasteiger partial charge in [0.15, 0.2) is 0 Å². The molecule has 1 heterocycles. The number of anilines is 1. The Morgan fingerprint density at radius 3 is 2.79 bits per heavy atom. The summed E-state index contributed by atoms with van der Waals surface area (Å²) in [6.07, 6.45) is 2.76. The molecule has 0 unspecified atom stereocenters. The largest absolute Gasteiger partial charge is 0.444 e. The molecule has 5 heteroatoms. The molecule has 0 fully saturated rings. The summed E-state index contributed by atoms with van der Waals surface area (Å²) in [5, 5.41) is 5.72. The zero-order chi connectivity index (χ0) is 13.9. The number of carbonyl (C=O) groups is 1. The van der Waals surface area contributed by atoms with Crippen LogP contribution in [0.4, 0.5) is 16.2 Å². The molecule has 0 radical (unpaired) electrons. The summed E-state index contributed by atoms with van der Waals surface area (Å²) in [4.78, 5) is 15.9. The smallest absolute Gasteiger partial charge is 0.412 e. The van der Waals surface area contributed by atoms with E-state index in [4.69, 9.17) is 4.74 Å². The van der Waals surface area contributed by atoms with Gasteiger partial charge in [-0.15, -0.1) is 0 Å². The maximum Gasteiger partial charge on any atom is 0.412 e. The Balaban J connectivity index is 2.05. The van der Waals surface area contributed by atoms with Crippen molar-refractivity contribution in [2.75, 3.05) is 5.32 Å². The lowest BCUT2D eigenvalue weighted by molar-refractivity contribution is 0.0549. The second-order valence-corrected chi connectivity index (χ2v) is 5.15. The van der Waals surface area contributed by atoms with Gasteiger partial charge in [-0.2, -0.15) is 0 Å². The van der Waals surface area contributed by atoms with E-state index in [1.54, 1.807) is 12.4 Å². The fourth-order valence-corrected chi connectivity index (χ4v) is 1.53. The summed E-state index contributed by atoms with van der Waals surface area (Å²) in [5.74, 6) is 0. The second-order valence-electron chi connectivity index (χ2n) is 5.15. The van der Waals surface area contributed by atoms with Gasteiger partial charge in [-0.05, 0) is 32.9 Å². The lowest BCUT2D eigenvalue weighted by Gasteiger charge is -2.19. The van der Waals surface area contributed by atoms with Crippen molar-refractivity contribution >= 4 is 23.7 Å². The standard InChI is InChI=1S/C14H17N3O2/c1-14(2,3)19-13(18)17-10-8-15-11-6-4-5-7-12(11)16-9-10/h4-9,15H,1-3H3,(H,17,18). The molecule has 100 valence electrons. The molecule has 2 rings (SSSR count). The summed E-state index contributed by atoms with van der Waals surface area (Å²) in [6, 6.07) is 7.63. The molecule has 19 heavy (non-hydrogen) atoms. The van der Waals surface area contributed by atoms with Crippen LogP contribution in [0.1, 0.15) is 20.8 Å². The molecule has 0 saturated carbocycles. The normalized spacial score (nSPS) is 13.7. The van der Waals surface area contributed by atoms with E-state index in [0.717, 1.165) is 11.4 Å². The minimum atomic E-state index is -0.525. The van der Waals surface area contributed by atoms with Crippen molar-refractivity contribution in [3.05, 3.63) is 36.2 Å². The molecule has 0 bridgehead atoms. The Hall–Kier alpha value is -2.30. The first-order valence-electron chi connectivity index (χ1n) is 6.04. The molecule has 1 aromatic rings. The number of allylic oxidation sites excluding steroid dienone is 1. The molecular formula is C14H17N3O2. The van der Waals surface area contributed by atoms with Crippen molar-refractivity contribution in [2.45, 2.75) is 26.4 Å². The van der Waals surface area contributed by atoms with Crippen LogP contribution >= 0.6 is 0 Å². The molecule has 0 spiro atoms. The van der Waals surface area contributed by atoms with Crippen molar-refractivity contribution in [1.82, 2.24) is 5.32 Å². The highest BCUT2D eigenvalue weighted by Gasteiger charge is 2.16. The Kier molecular flexibility index (Phi) is 3.55. The molecule has 0 aliphatic carbocycles. The third-order valence-electron chi connectivity index (χ3n) is 2.28. The summed E-state index contributed by atoms with van der Waals surface area (Å²) >= 11 is 0. The van der Waals surface area contributed by atoms with E-state index in [1.165, 1.54) is 0 Å². The zero-order valence-corrected chi connectivity index (χ0v) is 11.2. The Morgan fingerprint density at radius 2 is 2.05 bits per heavy atom. The van der Waals surface area contributed by atoms with Crippen molar-refractivity contribution < 1.29 is 9.53 Å². The zero-order valence-electron chi connectivity index (χ0n) is 11.2. The van der Waals surface area contributed by atoms with E-state index >= 15 is 0 Å². The van der Waals surface area contributed by atoms with Crippen LogP contribution in [0.5, 0.6) is 0 Å². The number of fused-ring (bicyclic) bond motifs is 1. The first kappa shape index (κ1) is 13.1. The number of hydrogen-bond donors (Lipinski definition) is 2. The summed E-state index contributed by atoms with van der Waals surface area (Å²) in [5.41, 5.74) is 1.73. The maximum atomic E-state index is 11.6. The number of para-hydroxylation sites is 2. The number of carbonyl (C=O) groups excluding carboxylic acids is 1. The van der Waals surface area contributed by atoms with Gasteiger partial charge in [0.05, 0.1) is 23.3 Å². The molecule has 1 aliphatic rings. The number of hydrogen-bond acceptors (Lipinski definition) is 4. The van der Waals surface area contributed by atoms with Gasteiger partial charge in [-0.1, -0.05) is 12.1 Å². The number of aliphatic imine (C=N–C) groups is 1. The molecule has 5 nitrogen and oxygen atoms in total. The van der Waals surface area contributed by atoms with Crippen LogP contribution in [-0.2, 0) is 4.74 Å². The Morgan fingerprint density at radius 1 is 1.32 bits per heavy atom. The van der Waals surface area contributed by atoms with Crippen molar-refractivity contribution in [3.63, 3.8) is 0 Å². The van der Waals surface area contributed by atoms with Crippen LogP contribution in [0.25, 0.3) is 0 Å². The van der Waals surface area contributed by atoms with Crippen LogP contribution in [0.2, 0.25) is 0 Å². The van der Waals surface area contributed by atoms with Gasteiger partial charge in [0.1, 0.15) is 5.60 Å². The minimum absolute atomic E-state index is 0.502. The van der Waals surface area contributed by atoms with Crippen LogP contribution in [0.15, 0.2) is 41.2 Å². The molecule has 0 atom stereocenters. The minimum Gasteiger partial charge on any atom is -0.444 e. The van der Waals surface area contributed by atoms with Gasteiger partial charge < -0.3 is 10.1 Å². The predicted octanol–water partition coefficient (Wildman–Crippen LogP) is 3.18. The lowest BCUT2D eigenvalue weighted by Crippen LogP contribution is -2.32. The fourth-order valence-electron chi connectivity index (χ4n) is 1.53. The molecule has 0 saturated heterocycles. The maximum absolute atomic E-state index is 11.6. The number of amides is 1. The third kappa shape index (κ3) is 3.84. The van der Waals surface area contributed by atoms with Gasteiger partial charge in [-0.3, -0.25) is 10.3 Å². The molecule has 1 aromatic carbocycles. The SMILES string of the molecule is CC(C)(C)OC(=O)NC1=CNc2ccccc2N=C1. The lowest BCUT2D eigenvalue weighted by atomic mass is 10.2. The van der Waals surface area contributed by atoms with Crippen LogP contribution in [0.3, 0.4) is 0 Å². The third-order valence-corrected chi connectivity index (χ3v) is 2.28. The summed E-state index contributed by atoms with van der Waals surface area (Å²) < 4.78 is 5.18. The van der Waals surface area contributed by atoms with E-state index in [2.05, 4.69) is 15.6 Å². The number of alkyl carbamates (subject to hydrolysis) is 1. The molecular weight excluding hydrogens is 242 g/mol. The number of nitrogens with one attached hydrogen (secondary N) is 2. The van der Waals surface area contributed by atoms with Crippen molar-refractivity contribution in [2.24, 2.45) is 4.99 Å². The average Bonchev–Trinajstić information content (AvgIpc) is 2.50. The van der Waals surface area contributed by atoms with E-state index in [1.807, 2.05) is 45.0 Å². The topological polar surface area (TPSA) is 62.7 Å². The first-order valence-corrected chi connectivity index (χ1v) is 6.04. The summed E-state index contributed by atoms with van der Waals surface area (Å²) in [7, 11) is 0. The van der Waals surface area contributed by atoms with E-state index < -0.39 is 11.7 Å². The fraction of sp³-hybridized carbons (Fsp3) is 0.286. The van der Waals surface area contributed by atoms with Crippen molar-refractivity contribution in [3.8, 4) is 0 Å². The van der Waals surface area contributed by atoms with Crippen LogP contribution in [-0.4, -0.2) is 17.9 Å². The highest BCUT2D eigenvalue weighted by Crippen LogP contribution is 2.25. The monoisotopic (exact) mass is 259 g/mol. The van der Waals surface area contributed by atoms with Gasteiger partial charge in [0.2, 0.25) is 0 Å². The molecule has 1 aliphatic heterocycles. The predicted molar refractivity (Wildman–Crippen MR) is 75.7 cm³/mol. The quantitative estimate of drug-likeness (QED) is 0.814. The Labute approximate surface area is 112 Å². The Bertz CT molecular complexity index is 542. The van der Waals surface area contributed by atoms with E-state index in [-0.39, 0.29) is 0 Å². The first-order chi connectivity index (χ1) is 8.94. The average molecular weight is 259 g/mol. The molecule has 1 amide bonds. The van der Waals surface area contributed by atoms with Gasteiger partial charge >= 0.3 is 6.09 Å². The highest BCUT2D eigenvalue weighted by molar-refractivity contribution is 5.89. The van der Waals surface area contributed by atoms with Gasteiger partial charge in [-0.25, -0.2) is 4.79 Å². The summed E-state index contributed by atoms with van der Waals surface area (Å²) in [6.45, 7) is 5.45. The van der Waals surface area contributed by atoms with E-state index in [9.17, 15) is 4.79 Å². The molecule has 2 N–H and O–H groups in total. The number of benzene rings is 1. The van der Waals surface area contributed by atoms with Crippen LogP contribution < -0.4 is 10.6 Å². The van der Waals surface area contributed by atoms with Crippen LogP contribution in [0, 0.1) is 0 Å². The number of rotatable bonds is 1. The van der Waals surface area contributed by atoms with Crippen molar-refractivity contribution in [1.29, 1.82) is 0 Å².